The molecule has 0 fully saturated rings. The van der Waals surface area contributed by atoms with Crippen molar-refractivity contribution in [3.63, 3.8) is 0 Å². The van der Waals surface area contributed by atoms with Crippen LogP contribution in [0.2, 0.25) is 0 Å². The van der Waals surface area contributed by atoms with E-state index in [-0.39, 0.29) is 6.03 Å². The van der Waals surface area contributed by atoms with Crippen molar-refractivity contribution in [2.24, 2.45) is 0 Å². The molecule has 110 valence electrons. The molecule has 0 radical (unpaired) electrons. The highest BCUT2D eigenvalue weighted by Crippen LogP contribution is 2.23. The highest BCUT2D eigenvalue weighted by molar-refractivity contribution is 5.90. The molecule has 2 aromatic rings. The third-order valence-electron chi connectivity index (χ3n) is 2.94. The fraction of sp³-hybridized carbons (Fsp3) is 0.250. The van der Waals surface area contributed by atoms with Gasteiger partial charge in [0.25, 0.3) is 0 Å². The SMILES string of the molecule is CCOc1ccccc1NC(=O)N(C)Cc1ccncc1. The van der Waals surface area contributed by atoms with E-state index in [1.807, 2.05) is 43.3 Å². The number of amides is 2. The Labute approximate surface area is 124 Å². The summed E-state index contributed by atoms with van der Waals surface area (Å²) in [5, 5.41) is 2.86. The number of urea groups is 1. The van der Waals surface area contributed by atoms with E-state index < -0.39 is 0 Å². The summed E-state index contributed by atoms with van der Waals surface area (Å²) in [4.78, 5) is 17.8. The number of nitrogens with one attached hydrogen (secondary N) is 1. The fourth-order valence-electron chi connectivity index (χ4n) is 1.90. The number of benzene rings is 1. The third-order valence-corrected chi connectivity index (χ3v) is 2.94. The lowest BCUT2D eigenvalue weighted by atomic mass is 10.2. The minimum Gasteiger partial charge on any atom is -0.492 e. The molecule has 5 heteroatoms. The Morgan fingerprint density at radius 3 is 2.67 bits per heavy atom. The molecule has 5 nitrogen and oxygen atoms in total. The standard InChI is InChI=1S/C16H19N3O2/c1-3-21-15-7-5-4-6-14(15)18-16(20)19(2)12-13-8-10-17-11-9-13/h4-11H,3,12H2,1-2H3,(H,18,20). The smallest absolute Gasteiger partial charge is 0.321 e. The Hall–Kier alpha value is -2.56. The Morgan fingerprint density at radius 2 is 1.95 bits per heavy atom. The third kappa shape index (κ3) is 4.21. The molecule has 1 N–H and O–H groups in total. The lowest BCUT2D eigenvalue weighted by Gasteiger charge is -2.19. The molecule has 0 aliphatic heterocycles. The maximum Gasteiger partial charge on any atom is 0.321 e. The van der Waals surface area contributed by atoms with E-state index in [9.17, 15) is 4.79 Å². The molecule has 0 bridgehead atoms. The van der Waals surface area contributed by atoms with Gasteiger partial charge in [-0.15, -0.1) is 0 Å². The number of para-hydroxylation sites is 2. The molecule has 0 unspecified atom stereocenters. The Kier molecular flexibility index (Phi) is 5.15. The van der Waals surface area contributed by atoms with Gasteiger partial charge in [-0.25, -0.2) is 4.79 Å². The fourth-order valence-corrected chi connectivity index (χ4v) is 1.90. The zero-order chi connectivity index (χ0) is 15.1. The van der Waals surface area contributed by atoms with Crippen molar-refractivity contribution in [2.75, 3.05) is 19.0 Å². The topological polar surface area (TPSA) is 54.5 Å². The second kappa shape index (κ2) is 7.28. The minimum absolute atomic E-state index is 0.182. The summed E-state index contributed by atoms with van der Waals surface area (Å²) in [6.07, 6.45) is 3.43. The van der Waals surface area contributed by atoms with Gasteiger partial charge >= 0.3 is 6.03 Å². The predicted octanol–water partition coefficient (Wildman–Crippen LogP) is 3.14. The zero-order valence-corrected chi connectivity index (χ0v) is 12.2. The number of nitrogens with zero attached hydrogens (tertiary/aromatic N) is 2. The zero-order valence-electron chi connectivity index (χ0n) is 12.2. The summed E-state index contributed by atoms with van der Waals surface area (Å²) in [7, 11) is 1.75. The monoisotopic (exact) mass is 285 g/mol. The number of ether oxygens (including phenoxy) is 1. The summed E-state index contributed by atoms with van der Waals surface area (Å²) < 4.78 is 5.49. The van der Waals surface area contributed by atoms with Gasteiger partial charge in [-0.05, 0) is 36.8 Å². The molecule has 1 aromatic carbocycles. The second-order valence-electron chi connectivity index (χ2n) is 4.57. The van der Waals surface area contributed by atoms with Crippen molar-refractivity contribution in [3.8, 4) is 5.75 Å². The van der Waals surface area contributed by atoms with Crippen LogP contribution in [-0.4, -0.2) is 29.6 Å². The Morgan fingerprint density at radius 1 is 1.24 bits per heavy atom. The van der Waals surface area contributed by atoms with Crippen LogP contribution in [-0.2, 0) is 6.54 Å². The molecule has 21 heavy (non-hydrogen) atoms. The van der Waals surface area contributed by atoms with E-state index in [1.54, 1.807) is 24.3 Å². The molecule has 1 aromatic heterocycles. The van der Waals surface area contributed by atoms with Crippen LogP contribution in [0.5, 0.6) is 5.75 Å². The molecule has 2 amide bonds. The largest absolute Gasteiger partial charge is 0.492 e. The van der Waals surface area contributed by atoms with Gasteiger partial charge in [-0.1, -0.05) is 12.1 Å². The average Bonchev–Trinajstić information content (AvgIpc) is 2.50. The van der Waals surface area contributed by atoms with Crippen molar-refractivity contribution in [3.05, 3.63) is 54.4 Å². The number of aromatic nitrogens is 1. The number of hydrogen-bond acceptors (Lipinski definition) is 3. The highest BCUT2D eigenvalue weighted by atomic mass is 16.5. The van der Waals surface area contributed by atoms with Gasteiger partial charge in [0.1, 0.15) is 5.75 Å². The molecule has 0 atom stereocenters. The van der Waals surface area contributed by atoms with Crippen LogP contribution in [0.3, 0.4) is 0 Å². The summed E-state index contributed by atoms with van der Waals surface area (Å²) in [5.41, 5.74) is 1.70. The van der Waals surface area contributed by atoms with Crippen LogP contribution in [0.4, 0.5) is 10.5 Å². The first kappa shape index (κ1) is 14.8. The van der Waals surface area contributed by atoms with Crippen molar-refractivity contribution < 1.29 is 9.53 Å². The minimum atomic E-state index is -0.182. The van der Waals surface area contributed by atoms with E-state index in [0.717, 1.165) is 5.56 Å². The van der Waals surface area contributed by atoms with E-state index >= 15 is 0 Å². The first-order valence-electron chi connectivity index (χ1n) is 6.83. The average molecular weight is 285 g/mol. The maximum atomic E-state index is 12.2. The summed E-state index contributed by atoms with van der Waals surface area (Å²) >= 11 is 0. The Bertz CT molecular complexity index is 587. The lowest BCUT2D eigenvalue weighted by Crippen LogP contribution is -2.31. The number of hydrogen-bond donors (Lipinski definition) is 1. The summed E-state index contributed by atoms with van der Waals surface area (Å²) in [5.74, 6) is 0.672. The molecule has 2 rings (SSSR count). The maximum absolute atomic E-state index is 12.2. The summed E-state index contributed by atoms with van der Waals surface area (Å²) in [6.45, 7) is 2.99. The first-order chi connectivity index (χ1) is 10.2. The second-order valence-corrected chi connectivity index (χ2v) is 4.57. The van der Waals surface area contributed by atoms with Crippen molar-refractivity contribution in [2.45, 2.75) is 13.5 Å². The van der Waals surface area contributed by atoms with Crippen LogP contribution in [0.25, 0.3) is 0 Å². The molecular weight excluding hydrogens is 266 g/mol. The quantitative estimate of drug-likeness (QED) is 0.918. The van der Waals surface area contributed by atoms with E-state index in [2.05, 4.69) is 10.3 Å². The molecule has 0 aliphatic rings. The molecule has 1 heterocycles. The first-order valence-corrected chi connectivity index (χ1v) is 6.83. The van der Waals surface area contributed by atoms with Gasteiger partial charge < -0.3 is 15.0 Å². The van der Waals surface area contributed by atoms with Crippen LogP contribution in [0.15, 0.2) is 48.8 Å². The molecular formula is C16H19N3O2. The van der Waals surface area contributed by atoms with Crippen molar-refractivity contribution in [1.82, 2.24) is 9.88 Å². The Balaban J connectivity index is 2.01. The van der Waals surface area contributed by atoms with Gasteiger partial charge in [0.05, 0.1) is 12.3 Å². The number of anilines is 1. The number of pyridine rings is 1. The van der Waals surface area contributed by atoms with E-state index in [0.29, 0.717) is 24.6 Å². The summed E-state index contributed by atoms with van der Waals surface area (Å²) in [6, 6.07) is 11.0. The van der Waals surface area contributed by atoms with E-state index in [1.165, 1.54) is 0 Å². The van der Waals surface area contributed by atoms with Gasteiger partial charge in [0.2, 0.25) is 0 Å². The molecule has 0 spiro atoms. The molecule has 0 saturated carbocycles. The molecule has 0 aliphatic carbocycles. The van der Waals surface area contributed by atoms with Crippen LogP contribution < -0.4 is 10.1 Å². The van der Waals surface area contributed by atoms with Crippen LogP contribution >= 0.6 is 0 Å². The molecule has 0 saturated heterocycles. The van der Waals surface area contributed by atoms with Crippen molar-refractivity contribution in [1.29, 1.82) is 0 Å². The number of rotatable bonds is 5. The highest BCUT2D eigenvalue weighted by Gasteiger charge is 2.11. The van der Waals surface area contributed by atoms with Gasteiger partial charge in [0.15, 0.2) is 0 Å². The van der Waals surface area contributed by atoms with Crippen LogP contribution in [0, 0.1) is 0 Å². The number of carbonyl (C=O) groups excluding carboxylic acids is 1. The van der Waals surface area contributed by atoms with Crippen LogP contribution in [0.1, 0.15) is 12.5 Å². The normalized spacial score (nSPS) is 10.0. The van der Waals surface area contributed by atoms with Crippen molar-refractivity contribution >= 4 is 11.7 Å². The lowest BCUT2D eigenvalue weighted by molar-refractivity contribution is 0.220. The van der Waals surface area contributed by atoms with Gasteiger partial charge in [0, 0.05) is 26.0 Å². The number of carbonyl (C=O) groups is 1. The van der Waals surface area contributed by atoms with Gasteiger partial charge in [-0.3, -0.25) is 4.98 Å². The predicted molar refractivity (Wildman–Crippen MR) is 82.3 cm³/mol. The van der Waals surface area contributed by atoms with Gasteiger partial charge in [-0.2, -0.15) is 0 Å². The van der Waals surface area contributed by atoms with E-state index in [4.69, 9.17) is 4.74 Å².